The third-order valence-corrected chi connectivity index (χ3v) is 7.14. The molecule has 0 atom stereocenters. The van der Waals surface area contributed by atoms with E-state index >= 15 is 0 Å². The summed E-state index contributed by atoms with van der Waals surface area (Å²) in [4.78, 5) is 20.6. The van der Waals surface area contributed by atoms with Crippen LogP contribution in [-0.4, -0.2) is 33.5 Å². The van der Waals surface area contributed by atoms with Crippen molar-refractivity contribution in [1.82, 2.24) is 19.9 Å². The van der Waals surface area contributed by atoms with Crippen LogP contribution < -0.4 is 15.8 Å². The molecule has 196 valence electrons. The number of nitrogens with zero attached hydrogens (tertiary/aromatic N) is 2. The van der Waals surface area contributed by atoms with Gasteiger partial charge in [0.1, 0.15) is 5.75 Å². The Bertz CT molecular complexity index is 1600. The van der Waals surface area contributed by atoms with E-state index in [1.54, 1.807) is 6.07 Å². The Hall–Kier alpha value is -3.81. The topological polar surface area (TPSA) is 98.0 Å². The smallest absolute Gasteiger partial charge is 0.300 e. The number of H-pyrrole nitrogens is 1. The van der Waals surface area contributed by atoms with Crippen molar-refractivity contribution in [3.05, 3.63) is 76.9 Å². The number of carbonyl (C=O) groups is 1. The third kappa shape index (κ3) is 5.54. The zero-order valence-electron chi connectivity index (χ0n) is 21.7. The van der Waals surface area contributed by atoms with Gasteiger partial charge in [-0.3, -0.25) is 4.79 Å². The minimum absolute atomic E-state index is 0.108. The highest BCUT2D eigenvalue weighted by atomic mass is 35.5. The van der Waals surface area contributed by atoms with E-state index in [2.05, 4.69) is 44.1 Å². The van der Waals surface area contributed by atoms with Gasteiger partial charge >= 0.3 is 0 Å². The van der Waals surface area contributed by atoms with Crippen LogP contribution in [0.3, 0.4) is 0 Å². The number of rotatable bonds is 10. The minimum Gasteiger partial charge on any atom is -0.426 e. The van der Waals surface area contributed by atoms with E-state index in [1.807, 2.05) is 44.4 Å². The molecule has 0 fully saturated rings. The summed E-state index contributed by atoms with van der Waals surface area (Å²) in [5.41, 5.74) is 11.6. The summed E-state index contributed by atoms with van der Waals surface area (Å²) in [6.45, 7) is 3.26. The van der Waals surface area contributed by atoms with Crippen molar-refractivity contribution in [2.24, 2.45) is 12.8 Å². The van der Waals surface area contributed by atoms with E-state index in [0.717, 1.165) is 64.3 Å². The van der Waals surface area contributed by atoms with Gasteiger partial charge in [-0.1, -0.05) is 36.6 Å². The summed E-state index contributed by atoms with van der Waals surface area (Å²) >= 11 is 6.67. The van der Waals surface area contributed by atoms with Gasteiger partial charge in [-0.15, -0.1) is 0 Å². The van der Waals surface area contributed by atoms with Gasteiger partial charge in [0.15, 0.2) is 0 Å². The van der Waals surface area contributed by atoms with Crippen molar-refractivity contribution in [1.29, 1.82) is 0 Å². The lowest BCUT2D eigenvalue weighted by Gasteiger charge is -2.10. The number of hydrogen-bond donors (Lipinski definition) is 3. The molecule has 0 saturated carbocycles. The molecule has 8 heteroatoms. The Morgan fingerprint density at radius 1 is 1.08 bits per heavy atom. The molecule has 0 aliphatic carbocycles. The van der Waals surface area contributed by atoms with E-state index in [-0.39, 0.29) is 5.91 Å². The van der Waals surface area contributed by atoms with Gasteiger partial charge in [-0.05, 0) is 79.9 Å². The van der Waals surface area contributed by atoms with E-state index in [9.17, 15) is 4.79 Å². The maximum absolute atomic E-state index is 12.8. The summed E-state index contributed by atoms with van der Waals surface area (Å²) in [6, 6.07) is 18.0. The van der Waals surface area contributed by atoms with Gasteiger partial charge in [0.25, 0.3) is 11.9 Å². The van der Waals surface area contributed by atoms with Crippen LogP contribution in [0.1, 0.15) is 41.6 Å². The number of aromatic amines is 1. The third-order valence-electron chi connectivity index (χ3n) is 6.83. The molecule has 38 heavy (non-hydrogen) atoms. The Morgan fingerprint density at radius 2 is 1.92 bits per heavy atom. The Balaban J connectivity index is 1.32. The van der Waals surface area contributed by atoms with Gasteiger partial charge in [-0.25, -0.2) is 0 Å². The molecule has 0 bridgehead atoms. The zero-order valence-corrected chi connectivity index (χ0v) is 22.4. The fourth-order valence-electron chi connectivity index (χ4n) is 4.67. The van der Waals surface area contributed by atoms with Crippen molar-refractivity contribution >= 4 is 39.4 Å². The number of ether oxygens (including phenoxy) is 1. The largest absolute Gasteiger partial charge is 0.426 e. The second-order valence-corrected chi connectivity index (χ2v) is 10.0. The van der Waals surface area contributed by atoms with Crippen LogP contribution in [0.5, 0.6) is 11.8 Å². The molecule has 0 aliphatic rings. The number of aryl methyl sites for hydroxylation is 2. The summed E-state index contributed by atoms with van der Waals surface area (Å²) in [5, 5.41) is 4.78. The molecule has 0 saturated heterocycles. The molecule has 0 spiro atoms. The van der Waals surface area contributed by atoms with Crippen molar-refractivity contribution < 1.29 is 9.53 Å². The van der Waals surface area contributed by atoms with E-state index in [4.69, 9.17) is 22.1 Å². The van der Waals surface area contributed by atoms with Gasteiger partial charge in [0, 0.05) is 41.8 Å². The molecule has 2 heterocycles. The van der Waals surface area contributed by atoms with Crippen LogP contribution in [0.15, 0.2) is 60.8 Å². The molecule has 0 aliphatic heterocycles. The monoisotopic (exact) mass is 529 g/mol. The molecular weight excluding hydrogens is 498 g/mol. The highest BCUT2D eigenvalue weighted by Gasteiger charge is 2.14. The lowest BCUT2D eigenvalue weighted by Crippen LogP contribution is -2.25. The highest BCUT2D eigenvalue weighted by molar-refractivity contribution is 6.34. The summed E-state index contributed by atoms with van der Waals surface area (Å²) in [7, 11) is 2.03. The molecule has 3 aromatic carbocycles. The van der Waals surface area contributed by atoms with Crippen molar-refractivity contribution in [3.8, 4) is 22.9 Å². The van der Waals surface area contributed by atoms with Crippen LogP contribution in [-0.2, 0) is 7.05 Å². The van der Waals surface area contributed by atoms with Crippen LogP contribution in [0.2, 0.25) is 5.02 Å². The average molecular weight is 530 g/mol. The SMILES string of the molecule is Cc1ccc(Oc2nc3cc(-c4ccc5c(ccn5C)c4)c(Cl)cc3[nH]2)cc1C(=O)NCCCCCCN. The normalized spacial score (nSPS) is 11.4. The molecule has 5 aromatic rings. The van der Waals surface area contributed by atoms with Crippen molar-refractivity contribution in [3.63, 3.8) is 0 Å². The van der Waals surface area contributed by atoms with Gasteiger partial charge in [0.2, 0.25) is 0 Å². The maximum atomic E-state index is 12.8. The molecular formula is C30H32ClN5O2. The number of nitrogens with two attached hydrogens (primary N) is 1. The van der Waals surface area contributed by atoms with Gasteiger partial charge in [0.05, 0.1) is 16.1 Å². The molecule has 0 radical (unpaired) electrons. The first kappa shape index (κ1) is 25.8. The quantitative estimate of drug-likeness (QED) is 0.175. The number of unbranched alkanes of at least 4 members (excludes halogenated alkanes) is 3. The molecule has 2 aromatic heterocycles. The maximum Gasteiger partial charge on any atom is 0.300 e. The average Bonchev–Trinajstić information content (AvgIpc) is 3.48. The van der Waals surface area contributed by atoms with E-state index in [0.29, 0.717) is 35.4 Å². The summed E-state index contributed by atoms with van der Waals surface area (Å²) < 4.78 is 8.11. The number of carbonyl (C=O) groups excluding carboxylic acids is 1. The summed E-state index contributed by atoms with van der Waals surface area (Å²) in [5.74, 6) is 0.423. The zero-order chi connectivity index (χ0) is 26.6. The van der Waals surface area contributed by atoms with Gasteiger partial charge in [-0.2, -0.15) is 4.98 Å². The summed E-state index contributed by atoms with van der Waals surface area (Å²) in [6.07, 6.45) is 6.13. The Kier molecular flexibility index (Phi) is 7.67. The van der Waals surface area contributed by atoms with Crippen molar-refractivity contribution in [2.45, 2.75) is 32.6 Å². The second-order valence-electron chi connectivity index (χ2n) is 9.63. The number of imidazole rings is 1. The lowest BCUT2D eigenvalue weighted by molar-refractivity contribution is 0.0952. The number of hydrogen-bond acceptors (Lipinski definition) is 4. The number of benzene rings is 3. The predicted molar refractivity (Wildman–Crippen MR) is 154 cm³/mol. The number of amides is 1. The first-order valence-electron chi connectivity index (χ1n) is 12.9. The predicted octanol–water partition coefficient (Wildman–Crippen LogP) is 6.72. The Labute approximate surface area is 227 Å². The molecule has 4 N–H and O–H groups in total. The highest BCUT2D eigenvalue weighted by Crippen LogP contribution is 2.34. The second kappa shape index (κ2) is 11.3. The van der Waals surface area contributed by atoms with Crippen LogP contribution >= 0.6 is 11.6 Å². The molecule has 0 unspecified atom stereocenters. The lowest BCUT2D eigenvalue weighted by atomic mass is 10.0. The first-order chi connectivity index (χ1) is 18.4. The number of halogens is 1. The first-order valence-corrected chi connectivity index (χ1v) is 13.3. The fourth-order valence-corrected chi connectivity index (χ4v) is 4.94. The van der Waals surface area contributed by atoms with Crippen LogP contribution in [0.25, 0.3) is 33.1 Å². The van der Waals surface area contributed by atoms with Crippen LogP contribution in [0, 0.1) is 6.92 Å². The number of aromatic nitrogens is 3. The van der Waals surface area contributed by atoms with Crippen molar-refractivity contribution in [2.75, 3.05) is 13.1 Å². The van der Waals surface area contributed by atoms with Crippen LogP contribution in [0.4, 0.5) is 0 Å². The van der Waals surface area contributed by atoms with Gasteiger partial charge < -0.3 is 25.3 Å². The number of nitrogens with one attached hydrogen (secondary N) is 2. The standard InChI is InChI=1S/C30H32ClN5O2/c1-19-7-9-22(16-23(19)29(37)33-13-6-4-3-5-12-32)38-30-34-26-17-24(25(31)18-27(26)35-30)20-8-10-28-21(15-20)11-14-36(28)2/h7-11,14-18H,3-6,12-13,32H2,1-2H3,(H,33,37)(H,34,35). The fraction of sp³-hybridized carbons (Fsp3) is 0.267. The Morgan fingerprint density at radius 3 is 2.76 bits per heavy atom. The van der Waals surface area contributed by atoms with E-state index in [1.165, 1.54) is 0 Å². The molecule has 1 amide bonds. The minimum atomic E-state index is -0.108. The molecule has 7 nitrogen and oxygen atoms in total. The molecule has 5 rings (SSSR count). The van der Waals surface area contributed by atoms with E-state index < -0.39 is 0 Å². The number of fused-ring (bicyclic) bond motifs is 2.